The second-order valence-corrected chi connectivity index (χ2v) is 11.8. The summed E-state index contributed by atoms with van der Waals surface area (Å²) in [7, 11) is 2.86. The smallest absolute Gasteiger partial charge is 0.313 e. The third-order valence-corrected chi connectivity index (χ3v) is 10.9. The zero-order valence-corrected chi connectivity index (χ0v) is 19.8. The van der Waals surface area contributed by atoms with Crippen molar-refractivity contribution >= 4 is 11.9 Å². The van der Waals surface area contributed by atoms with Crippen molar-refractivity contribution in [3.8, 4) is 0 Å². The fraction of sp³-hybridized carbons (Fsp3) is 0.852. The van der Waals surface area contributed by atoms with Crippen molar-refractivity contribution in [1.82, 2.24) is 0 Å². The van der Waals surface area contributed by atoms with Crippen LogP contribution in [0.1, 0.15) is 78.1 Å². The van der Waals surface area contributed by atoms with E-state index in [1.54, 1.807) is 0 Å². The molecule has 4 fully saturated rings. The molecule has 0 saturated heterocycles. The molecule has 0 aromatic rings. The zero-order chi connectivity index (χ0) is 22.0. The predicted octanol–water partition coefficient (Wildman–Crippen LogP) is 5.55. The summed E-state index contributed by atoms with van der Waals surface area (Å²) in [5.41, 5.74) is 2.17. The van der Waals surface area contributed by atoms with Gasteiger partial charge in [-0.15, -0.1) is 0 Å². The van der Waals surface area contributed by atoms with Crippen molar-refractivity contribution in [1.29, 1.82) is 0 Å². The van der Waals surface area contributed by atoms with Crippen LogP contribution in [0.2, 0.25) is 0 Å². The molecule has 1 unspecified atom stereocenters. The maximum atomic E-state index is 12.6. The molecule has 0 amide bonds. The Morgan fingerprint density at radius 1 is 0.903 bits per heavy atom. The van der Waals surface area contributed by atoms with Crippen LogP contribution < -0.4 is 0 Å². The predicted molar refractivity (Wildman–Crippen MR) is 119 cm³/mol. The number of ether oxygens (including phenoxy) is 2. The molecule has 9 atom stereocenters. The SMILES string of the molecule is COC(=O)[C@H]1C=C2[C@H](C[C@H]1C(=O)OC)C[C@H]1[C@@H]3CCC4CCCC[C@]4(C)[C@H]3CC[C@]21C. The molecule has 5 aliphatic rings. The molecular formula is C27H40O4. The van der Waals surface area contributed by atoms with Gasteiger partial charge in [-0.25, -0.2) is 0 Å². The fourth-order valence-electron chi connectivity index (χ4n) is 9.38. The molecule has 5 aliphatic carbocycles. The van der Waals surface area contributed by atoms with Gasteiger partial charge in [0.15, 0.2) is 0 Å². The molecule has 0 aromatic carbocycles. The highest BCUT2D eigenvalue weighted by Crippen LogP contribution is 2.69. The van der Waals surface area contributed by atoms with E-state index in [2.05, 4.69) is 19.9 Å². The molecule has 0 heterocycles. The Morgan fingerprint density at radius 2 is 1.68 bits per heavy atom. The van der Waals surface area contributed by atoms with Gasteiger partial charge in [0, 0.05) is 0 Å². The van der Waals surface area contributed by atoms with Crippen LogP contribution in [-0.2, 0) is 19.1 Å². The summed E-state index contributed by atoms with van der Waals surface area (Å²) in [6.07, 6.45) is 15.1. The molecule has 5 rings (SSSR count). The lowest BCUT2D eigenvalue weighted by Gasteiger charge is -2.60. The molecule has 31 heavy (non-hydrogen) atoms. The van der Waals surface area contributed by atoms with Crippen LogP contribution in [-0.4, -0.2) is 26.2 Å². The van der Waals surface area contributed by atoms with Crippen LogP contribution in [0, 0.1) is 52.3 Å². The number of esters is 2. The average molecular weight is 429 g/mol. The third kappa shape index (κ3) is 3.06. The van der Waals surface area contributed by atoms with Crippen molar-refractivity contribution < 1.29 is 19.1 Å². The van der Waals surface area contributed by atoms with Crippen LogP contribution >= 0.6 is 0 Å². The molecule has 4 saturated carbocycles. The zero-order valence-electron chi connectivity index (χ0n) is 19.8. The quantitative estimate of drug-likeness (QED) is 0.427. The standard InChI is InChI=1S/C27H40O4/c1-26-11-6-5-7-17(26)8-9-18-21(26)10-12-27(2)22-15-20(25(29)31-4)19(24(28)30-3)13-16(22)14-23(18)27/h15-21,23H,5-14H2,1-4H3/t16-,17?,18-,19-,20+,21+,23+,26+,27-/m1/s1. The van der Waals surface area contributed by atoms with Crippen LogP contribution in [0.15, 0.2) is 11.6 Å². The lowest BCUT2D eigenvalue weighted by atomic mass is 9.45. The molecular weight excluding hydrogens is 388 g/mol. The van der Waals surface area contributed by atoms with Crippen molar-refractivity contribution in [3.63, 3.8) is 0 Å². The number of rotatable bonds is 2. The van der Waals surface area contributed by atoms with Crippen molar-refractivity contribution in [3.05, 3.63) is 11.6 Å². The van der Waals surface area contributed by atoms with E-state index >= 15 is 0 Å². The summed E-state index contributed by atoms with van der Waals surface area (Å²) in [6.45, 7) is 5.10. The van der Waals surface area contributed by atoms with Crippen LogP contribution in [0.25, 0.3) is 0 Å². The van der Waals surface area contributed by atoms with Crippen molar-refractivity contribution in [2.45, 2.75) is 78.1 Å². The Morgan fingerprint density at radius 3 is 2.42 bits per heavy atom. The number of fused-ring (bicyclic) bond motifs is 7. The Hall–Kier alpha value is -1.32. The number of carbonyl (C=O) groups excluding carboxylic acids is 2. The molecule has 0 aliphatic heterocycles. The Balaban J connectivity index is 1.47. The van der Waals surface area contributed by atoms with E-state index in [4.69, 9.17) is 9.47 Å². The first kappa shape index (κ1) is 21.5. The average Bonchev–Trinajstić information content (AvgIpc) is 3.08. The van der Waals surface area contributed by atoms with Gasteiger partial charge in [-0.3, -0.25) is 9.59 Å². The molecule has 4 heteroatoms. The highest BCUT2D eigenvalue weighted by molar-refractivity contribution is 5.84. The van der Waals surface area contributed by atoms with Crippen molar-refractivity contribution in [2.24, 2.45) is 52.3 Å². The first-order chi connectivity index (χ1) is 14.8. The minimum Gasteiger partial charge on any atom is -0.469 e. The Bertz CT molecular complexity index is 786. The number of hydrogen-bond acceptors (Lipinski definition) is 4. The normalized spacial score (nSPS) is 48.4. The molecule has 0 bridgehead atoms. The maximum Gasteiger partial charge on any atom is 0.313 e. The summed E-state index contributed by atoms with van der Waals surface area (Å²) in [5.74, 6) is 2.24. The summed E-state index contributed by atoms with van der Waals surface area (Å²) >= 11 is 0. The van der Waals surface area contributed by atoms with Gasteiger partial charge >= 0.3 is 11.9 Å². The molecule has 0 N–H and O–H groups in total. The highest BCUT2D eigenvalue weighted by atomic mass is 16.5. The monoisotopic (exact) mass is 428 g/mol. The summed E-state index contributed by atoms with van der Waals surface area (Å²) in [6, 6.07) is 0. The van der Waals surface area contributed by atoms with Gasteiger partial charge in [0.25, 0.3) is 0 Å². The summed E-state index contributed by atoms with van der Waals surface area (Å²) in [5, 5.41) is 0. The highest BCUT2D eigenvalue weighted by Gasteiger charge is 2.61. The van der Waals surface area contributed by atoms with E-state index in [9.17, 15) is 9.59 Å². The van der Waals surface area contributed by atoms with E-state index in [1.807, 2.05) is 0 Å². The Kier molecular flexibility index (Phi) is 5.29. The van der Waals surface area contributed by atoms with E-state index in [0.29, 0.717) is 17.3 Å². The molecule has 0 spiro atoms. The largest absolute Gasteiger partial charge is 0.469 e. The van der Waals surface area contributed by atoms with Crippen molar-refractivity contribution in [2.75, 3.05) is 14.2 Å². The van der Waals surface area contributed by atoms with Gasteiger partial charge in [-0.05, 0) is 91.8 Å². The van der Waals surface area contributed by atoms with Gasteiger partial charge in [0.2, 0.25) is 0 Å². The van der Waals surface area contributed by atoms with Gasteiger partial charge in [-0.2, -0.15) is 0 Å². The fourth-order valence-corrected chi connectivity index (χ4v) is 9.38. The molecule has 0 aromatic heterocycles. The van der Waals surface area contributed by atoms with E-state index in [0.717, 1.165) is 24.2 Å². The van der Waals surface area contributed by atoms with E-state index < -0.39 is 11.8 Å². The van der Waals surface area contributed by atoms with Gasteiger partial charge in [-0.1, -0.05) is 38.3 Å². The van der Waals surface area contributed by atoms with Crippen LogP contribution in [0.4, 0.5) is 0 Å². The minimum atomic E-state index is -0.497. The number of carbonyl (C=O) groups is 2. The lowest BCUT2D eigenvalue weighted by molar-refractivity contribution is -0.156. The summed E-state index contributed by atoms with van der Waals surface area (Å²) < 4.78 is 10.2. The first-order valence-electron chi connectivity index (χ1n) is 12.7. The summed E-state index contributed by atoms with van der Waals surface area (Å²) in [4.78, 5) is 25.2. The van der Waals surface area contributed by atoms with Gasteiger partial charge in [0.05, 0.1) is 26.1 Å². The topological polar surface area (TPSA) is 52.6 Å². The minimum absolute atomic E-state index is 0.178. The Labute approximate surface area is 187 Å². The second kappa shape index (κ2) is 7.63. The number of hydrogen-bond donors (Lipinski definition) is 0. The van der Waals surface area contributed by atoms with Crippen LogP contribution in [0.5, 0.6) is 0 Å². The molecule has 4 nitrogen and oxygen atoms in total. The molecule has 0 radical (unpaired) electrons. The van der Waals surface area contributed by atoms with E-state index in [-0.39, 0.29) is 17.4 Å². The van der Waals surface area contributed by atoms with E-state index in [1.165, 1.54) is 77.6 Å². The number of allylic oxidation sites excluding steroid dienone is 1. The van der Waals surface area contributed by atoms with Crippen LogP contribution in [0.3, 0.4) is 0 Å². The third-order valence-electron chi connectivity index (χ3n) is 10.9. The van der Waals surface area contributed by atoms with Gasteiger partial charge < -0.3 is 9.47 Å². The number of methoxy groups -OCH3 is 2. The molecule has 172 valence electrons. The first-order valence-corrected chi connectivity index (χ1v) is 12.7. The lowest BCUT2D eigenvalue weighted by Crippen LogP contribution is -2.52. The second-order valence-electron chi connectivity index (χ2n) is 11.8. The maximum absolute atomic E-state index is 12.6. The van der Waals surface area contributed by atoms with Gasteiger partial charge in [0.1, 0.15) is 0 Å².